The third-order valence-corrected chi connectivity index (χ3v) is 6.61. The van der Waals surface area contributed by atoms with E-state index >= 15 is 0 Å². The Morgan fingerprint density at radius 1 is 1.24 bits per heavy atom. The van der Waals surface area contributed by atoms with Gasteiger partial charge in [-0.05, 0) is 36.2 Å². The highest BCUT2D eigenvalue weighted by Gasteiger charge is 2.20. The summed E-state index contributed by atoms with van der Waals surface area (Å²) in [6.07, 6.45) is 2.36. The van der Waals surface area contributed by atoms with Gasteiger partial charge in [-0.15, -0.1) is 11.3 Å². The first-order valence-corrected chi connectivity index (χ1v) is 10.9. The number of nitrogen functional groups attached to an aromatic ring is 1. The monoisotopic (exact) mass is 429 g/mol. The number of fused-ring (bicyclic) bond motifs is 2. The van der Waals surface area contributed by atoms with Crippen LogP contribution >= 0.6 is 23.1 Å². The van der Waals surface area contributed by atoms with E-state index < -0.39 is 0 Å². The lowest BCUT2D eigenvalue weighted by Gasteiger charge is -2.16. The summed E-state index contributed by atoms with van der Waals surface area (Å²) in [5, 5.41) is 0.754. The fraction of sp³-hybridized carbons (Fsp3) is 0.368. The molecule has 0 amide bonds. The van der Waals surface area contributed by atoms with E-state index in [1.54, 1.807) is 18.4 Å². The standard InChI is InChI=1S/C19H23N7OS2/c1-10(2)7-11(20)8-26-17-14(16(21)22-9-23-17)25-18(26)29-19-24-12-5-4-6-13(27-3)15(12)28-19/h4-6,9-11H,7-8,20H2,1-3H3,(H2,21,22,23). The van der Waals surface area contributed by atoms with Crippen LogP contribution in [-0.2, 0) is 6.54 Å². The van der Waals surface area contributed by atoms with Crippen LogP contribution in [0.5, 0.6) is 5.75 Å². The lowest BCUT2D eigenvalue weighted by atomic mass is 10.0. The second-order valence-electron chi connectivity index (χ2n) is 7.22. The smallest absolute Gasteiger partial charge is 0.177 e. The van der Waals surface area contributed by atoms with Crippen LogP contribution in [0.25, 0.3) is 21.4 Å². The molecule has 29 heavy (non-hydrogen) atoms. The predicted molar refractivity (Wildman–Crippen MR) is 117 cm³/mol. The van der Waals surface area contributed by atoms with E-state index in [9.17, 15) is 0 Å². The summed E-state index contributed by atoms with van der Waals surface area (Å²) in [5.41, 5.74) is 14.6. The molecule has 0 aliphatic rings. The van der Waals surface area contributed by atoms with Crippen LogP contribution in [-0.4, -0.2) is 37.7 Å². The number of ether oxygens (including phenoxy) is 1. The van der Waals surface area contributed by atoms with E-state index in [2.05, 4.69) is 23.8 Å². The zero-order valence-corrected chi connectivity index (χ0v) is 18.1. The van der Waals surface area contributed by atoms with Crippen LogP contribution in [0.2, 0.25) is 0 Å². The average molecular weight is 430 g/mol. The van der Waals surface area contributed by atoms with E-state index in [0.29, 0.717) is 29.4 Å². The number of nitrogens with zero attached hydrogens (tertiary/aromatic N) is 5. The third-order valence-electron chi connectivity index (χ3n) is 4.47. The number of nitrogens with two attached hydrogens (primary N) is 2. The highest BCUT2D eigenvalue weighted by Crippen LogP contribution is 2.39. The topological polar surface area (TPSA) is 118 Å². The number of imidazole rings is 1. The Balaban J connectivity index is 1.74. The minimum absolute atomic E-state index is 0.0154. The lowest BCUT2D eigenvalue weighted by Crippen LogP contribution is -2.28. The number of anilines is 1. The minimum atomic E-state index is -0.0154. The first-order valence-electron chi connectivity index (χ1n) is 9.30. The Kier molecular flexibility index (Phi) is 5.57. The van der Waals surface area contributed by atoms with E-state index in [1.165, 1.54) is 18.1 Å². The van der Waals surface area contributed by atoms with Gasteiger partial charge in [0.15, 0.2) is 26.5 Å². The van der Waals surface area contributed by atoms with Gasteiger partial charge in [-0.25, -0.2) is 19.9 Å². The van der Waals surface area contributed by atoms with Crippen molar-refractivity contribution in [3.63, 3.8) is 0 Å². The van der Waals surface area contributed by atoms with E-state index in [0.717, 1.165) is 31.9 Å². The van der Waals surface area contributed by atoms with Gasteiger partial charge >= 0.3 is 0 Å². The molecule has 1 unspecified atom stereocenters. The molecule has 10 heteroatoms. The number of aromatic nitrogens is 5. The Morgan fingerprint density at radius 3 is 2.83 bits per heavy atom. The van der Waals surface area contributed by atoms with Crippen molar-refractivity contribution in [3.05, 3.63) is 24.5 Å². The van der Waals surface area contributed by atoms with E-state index in [4.69, 9.17) is 26.2 Å². The quantitative estimate of drug-likeness (QED) is 0.458. The molecule has 8 nitrogen and oxygen atoms in total. The van der Waals surface area contributed by atoms with Crippen LogP contribution in [0.15, 0.2) is 34.0 Å². The van der Waals surface area contributed by atoms with E-state index in [1.807, 2.05) is 22.8 Å². The molecule has 0 bridgehead atoms. The van der Waals surface area contributed by atoms with Gasteiger partial charge in [-0.2, -0.15) is 0 Å². The lowest BCUT2D eigenvalue weighted by molar-refractivity contribution is 0.420. The fourth-order valence-electron chi connectivity index (χ4n) is 3.28. The number of benzene rings is 1. The van der Waals surface area contributed by atoms with Crippen LogP contribution in [0.4, 0.5) is 5.82 Å². The Labute approximate surface area is 176 Å². The molecule has 0 radical (unpaired) electrons. The van der Waals surface area contributed by atoms with Gasteiger partial charge in [0, 0.05) is 12.6 Å². The van der Waals surface area contributed by atoms with Gasteiger partial charge in [-0.3, -0.25) is 0 Å². The molecule has 3 aromatic heterocycles. The predicted octanol–water partition coefficient (Wildman–Crippen LogP) is 3.55. The van der Waals surface area contributed by atoms with Gasteiger partial charge in [0.1, 0.15) is 12.1 Å². The summed E-state index contributed by atoms with van der Waals surface area (Å²) in [7, 11) is 1.66. The Hall–Kier alpha value is -2.43. The maximum atomic E-state index is 6.39. The van der Waals surface area contributed by atoms with Crippen LogP contribution in [0, 0.1) is 5.92 Å². The highest BCUT2D eigenvalue weighted by molar-refractivity contribution is 8.01. The second kappa shape index (κ2) is 8.13. The molecule has 4 rings (SSSR count). The van der Waals surface area contributed by atoms with E-state index in [-0.39, 0.29) is 6.04 Å². The van der Waals surface area contributed by atoms with Crippen molar-refractivity contribution >= 4 is 50.3 Å². The molecule has 0 aliphatic heterocycles. The molecule has 0 aliphatic carbocycles. The summed E-state index contributed by atoms with van der Waals surface area (Å²) in [4.78, 5) is 17.9. The van der Waals surface area contributed by atoms with Crippen molar-refractivity contribution in [2.45, 2.75) is 42.4 Å². The van der Waals surface area contributed by atoms with Gasteiger partial charge in [0.2, 0.25) is 0 Å². The van der Waals surface area contributed by atoms with Crippen molar-refractivity contribution in [2.24, 2.45) is 11.7 Å². The first kappa shape index (κ1) is 19.9. The molecule has 152 valence electrons. The van der Waals surface area contributed by atoms with Crippen LogP contribution < -0.4 is 16.2 Å². The number of rotatable bonds is 7. The zero-order chi connectivity index (χ0) is 20.5. The Morgan fingerprint density at radius 2 is 2.07 bits per heavy atom. The molecular weight excluding hydrogens is 406 g/mol. The average Bonchev–Trinajstić information content (AvgIpc) is 3.23. The Bertz CT molecular complexity index is 1150. The number of hydrogen-bond acceptors (Lipinski definition) is 9. The van der Waals surface area contributed by atoms with Crippen molar-refractivity contribution in [1.29, 1.82) is 0 Å². The summed E-state index contributed by atoms with van der Waals surface area (Å²) >= 11 is 3.05. The molecule has 0 spiro atoms. The van der Waals surface area contributed by atoms with Crippen LogP contribution in [0.3, 0.4) is 0 Å². The zero-order valence-electron chi connectivity index (χ0n) is 16.5. The summed E-state index contributed by atoms with van der Waals surface area (Å²) in [6.45, 7) is 4.92. The van der Waals surface area contributed by atoms with Crippen molar-refractivity contribution < 1.29 is 4.74 Å². The molecule has 4 aromatic rings. The van der Waals surface area contributed by atoms with Gasteiger partial charge in [-0.1, -0.05) is 19.9 Å². The summed E-state index contributed by atoms with van der Waals surface area (Å²) < 4.78 is 9.36. The van der Waals surface area contributed by atoms with Crippen LogP contribution in [0.1, 0.15) is 20.3 Å². The fourth-order valence-corrected chi connectivity index (χ4v) is 5.41. The maximum absolute atomic E-state index is 6.39. The number of hydrogen-bond donors (Lipinski definition) is 2. The van der Waals surface area contributed by atoms with Gasteiger partial charge in [0.25, 0.3) is 0 Å². The second-order valence-corrected chi connectivity index (χ2v) is 9.43. The van der Waals surface area contributed by atoms with Gasteiger partial charge < -0.3 is 20.8 Å². The molecule has 3 heterocycles. The first-order chi connectivity index (χ1) is 14.0. The summed E-state index contributed by atoms with van der Waals surface area (Å²) in [5.74, 6) is 1.68. The van der Waals surface area contributed by atoms with Gasteiger partial charge in [0.05, 0.1) is 17.3 Å². The maximum Gasteiger partial charge on any atom is 0.177 e. The van der Waals surface area contributed by atoms with Crippen molar-refractivity contribution in [2.75, 3.05) is 12.8 Å². The molecule has 0 saturated carbocycles. The molecule has 4 N–H and O–H groups in total. The summed E-state index contributed by atoms with van der Waals surface area (Å²) in [6, 6.07) is 5.83. The molecule has 0 fully saturated rings. The molecule has 0 saturated heterocycles. The SMILES string of the molecule is COc1cccc2nc(Sc3nc4c(N)ncnc4n3CC(N)CC(C)C)sc12. The number of methoxy groups -OCH3 is 1. The normalized spacial score (nSPS) is 12.9. The van der Waals surface area contributed by atoms with Crippen molar-refractivity contribution in [1.82, 2.24) is 24.5 Å². The number of thiazole rings is 1. The largest absolute Gasteiger partial charge is 0.495 e. The minimum Gasteiger partial charge on any atom is -0.495 e. The molecule has 1 aromatic carbocycles. The molecule has 1 atom stereocenters. The highest BCUT2D eigenvalue weighted by atomic mass is 32.2. The molecular formula is C19H23N7OS2. The van der Waals surface area contributed by atoms with Crippen molar-refractivity contribution in [3.8, 4) is 5.75 Å². The third kappa shape index (κ3) is 4.00.